The first kappa shape index (κ1) is 12.4. The molecule has 2 aromatic heterocycles. The molecule has 0 radical (unpaired) electrons. The van der Waals surface area contributed by atoms with Crippen molar-refractivity contribution < 1.29 is 0 Å². The predicted molar refractivity (Wildman–Crippen MR) is 71.9 cm³/mol. The van der Waals surface area contributed by atoms with Gasteiger partial charge in [-0.15, -0.1) is 0 Å². The van der Waals surface area contributed by atoms with Crippen LogP contribution in [0, 0.1) is 6.92 Å². The Labute approximate surface area is 106 Å². The number of nitrogens with one attached hydrogen (secondary N) is 1. The van der Waals surface area contributed by atoms with Gasteiger partial charge in [-0.3, -0.25) is 9.48 Å². The molecule has 0 aliphatic rings. The average Bonchev–Trinajstić information content (AvgIpc) is 2.59. The molecular weight excluding hydrogens is 228 g/mol. The molecule has 96 valence electrons. The highest BCUT2D eigenvalue weighted by Crippen LogP contribution is 2.19. The highest BCUT2D eigenvalue weighted by molar-refractivity contribution is 5.47. The largest absolute Gasteiger partial charge is 0.370 e. The Hall–Kier alpha value is -2.04. The van der Waals surface area contributed by atoms with E-state index in [1.54, 1.807) is 22.9 Å². The Bertz CT molecular complexity index is 597. The zero-order valence-corrected chi connectivity index (χ0v) is 11.0. The third-order valence-electron chi connectivity index (χ3n) is 2.92. The van der Waals surface area contributed by atoms with E-state index in [2.05, 4.69) is 10.4 Å². The number of pyridine rings is 1. The molecule has 0 fully saturated rings. The van der Waals surface area contributed by atoms with E-state index in [1.165, 1.54) is 0 Å². The van der Waals surface area contributed by atoms with Crippen LogP contribution in [0.4, 0.5) is 5.82 Å². The zero-order valence-electron chi connectivity index (χ0n) is 11.0. The van der Waals surface area contributed by atoms with Gasteiger partial charge in [-0.25, -0.2) is 0 Å². The second-order valence-electron chi connectivity index (χ2n) is 4.23. The molecule has 0 aromatic carbocycles. The van der Waals surface area contributed by atoms with Crippen LogP contribution in [0.1, 0.15) is 18.2 Å². The Balaban J connectivity index is 2.40. The highest BCUT2D eigenvalue weighted by Gasteiger charge is 2.13. The molecule has 1 N–H and O–H groups in total. The Kier molecular flexibility index (Phi) is 3.50. The molecule has 0 aliphatic heterocycles. The van der Waals surface area contributed by atoms with Crippen molar-refractivity contribution in [2.45, 2.75) is 20.4 Å². The molecule has 2 heterocycles. The number of hydrogen-bond donors (Lipinski definition) is 1. The number of rotatable bonds is 4. The van der Waals surface area contributed by atoms with E-state index in [4.69, 9.17) is 0 Å². The van der Waals surface area contributed by atoms with Gasteiger partial charge in [0.2, 0.25) is 0 Å². The van der Waals surface area contributed by atoms with Crippen LogP contribution in [0.15, 0.2) is 29.2 Å². The van der Waals surface area contributed by atoms with Crippen molar-refractivity contribution in [3.05, 3.63) is 46.0 Å². The van der Waals surface area contributed by atoms with Gasteiger partial charge >= 0.3 is 0 Å². The molecule has 0 spiro atoms. The summed E-state index contributed by atoms with van der Waals surface area (Å²) in [5, 5.41) is 7.68. The predicted octanol–water partition coefficient (Wildman–Crippen LogP) is 1.37. The lowest BCUT2D eigenvalue weighted by Gasteiger charge is -2.09. The first-order valence-corrected chi connectivity index (χ1v) is 6.05. The van der Waals surface area contributed by atoms with Gasteiger partial charge in [0.1, 0.15) is 5.82 Å². The van der Waals surface area contributed by atoms with Crippen LogP contribution >= 0.6 is 0 Å². The SMILES string of the molecule is CCNc1c(Cn2ccccc2=O)c(C)nn1C. The van der Waals surface area contributed by atoms with Crippen LogP contribution in [0.25, 0.3) is 0 Å². The van der Waals surface area contributed by atoms with Gasteiger partial charge in [-0.05, 0) is 19.9 Å². The van der Waals surface area contributed by atoms with E-state index in [9.17, 15) is 4.79 Å². The first-order valence-electron chi connectivity index (χ1n) is 6.05. The van der Waals surface area contributed by atoms with Crippen LogP contribution < -0.4 is 10.9 Å². The van der Waals surface area contributed by atoms with Crippen LogP contribution in [0.2, 0.25) is 0 Å². The molecule has 0 amide bonds. The van der Waals surface area contributed by atoms with E-state index in [1.807, 2.05) is 31.6 Å². The summed E-state index contributed by atoms with van der Waals surface area (Å²) in [5.74, 6) is 0.978. The molecule has 0 aliphatic carbocycles. The molecular formula is C13H18N4O. The smallest absolute Gasteiger partial charge is 0.250 e. The van der Waals surface area contributed by atoms with Gasteiger partial charge in [0.05, 0.1) is 12.2 Å². The van der Waals surface area contributed by atoms with Crippen molar-refractivity contribution in [1.29, 1.82) is 0 Å². The first-order chi connectivity index (χ1) is 8.63. The van der Waals surface area contributed by atoms with Crippen molar-refractivity contribution in [2.75, 3.05) is 11.9 Å². The summed E-state index contributed by atoms with van der Waals surface area (Å²) in [5.41, 5.74) is 2.01. The van der Waals surface area contributed by atoms with Gasteiger partial charge in [0.25, 0.3) is 5.56 Å². The normalized spacial score (nSPS) is 10.6. The van der Waals surface area contributed by atoms with Crippen LogP contribution in [0.3, 0.4) is 0 Å². The topological polar surface area (TPSA) is 51.9 Å². The van der Waals surface area contributed by atoms with Crippen molar-refractivity contribution in [2.24, 2.45) is 7.05 Å². The lowest BCUT2D eigenvalue weighted by Crippen LogP contribution is -2.19. The number of hydrogen-bond acceptors (Lipinski definition) is 3. The lowest BCUT2D eigenvalue weighted by atomic mass is 10.2. The monoisotopic (exact) mass is 246 g/mol. The quantitative estimate of drug-likeness (QED) is 0.886. The van der Waals surface area contributed by atoms with Crippen LogP contribution in [0.5, 0.6) is 0 Å². The van der Waals surface area contributed by atoms with E-state index in [0.29, 0.717) is 6.54 Å². The molecule has 18 heavy (non-hydrogen) atoms. The molecule has 0 unspecified atom stereocenters. The van der Waals surface area contributed by atoms with Gasteiger partial charge < -0.3 is 9.88 Å². The molecule has 0 bridgehead atoms. The Morgan fingerprint density at radius 3 is 2.83 bits per heavy atom. The number of anilines is 1. The number of aromatic nitrogens is 3. The minimum absolute atomic E-state index is 0.00296. The summed E-state index contributed by atoms with van der Waals surface area (Å²) < 4.78 is 3.51. The van der Waals surface area contributed by atoms with Gasteiger partial charge in [0, 0.05) is 31.4 Å². The maximum Gasteiger partial charge on any atom is 0.250 e. The lowest BCUT2D eigenvalue weighted by molar-refractivity contribution is 0.752. The second-order valence-corrected chi connectivity index (χ2v) is 4.23. The molecule has 0 saturated heterocycles. The summed E-state index contributed by atoms with van der Waals surface area (Å²) in [7, 11) is 1.91. The average molecular weight is 246 g/mol. The fraction of sp³-hybridized carbons (Fsp3) is 0.385. The van der Waals surface area contributed by atoms with Crippen molar-refractivity contribution in [3.63, 3.8) is 0 Å². The molecule has 2 aromatic rings. The second kappa shape index (κ2) is 5.08. The van der Waals surface area contributed by atoms with E-state index < -0.39 is 0 Å². The van der Waals surface area contributed by atoms with Gasteiger partial charge in [-0.2, -0.15) is 5.10 Å². The summed E-state index contributed by atoms with van der Waals surface area (Å²) in [6, 6.07) is 5.18. The van der Waals surface area contributed by atoms with E-state index in [0.717, 1.165) is 23.6 Å². The standard InChI is InChI=1S/C13H18N4O/c1-4-14-13-11(10(2)15-16(13)3)9-17-8-6-5-7-12(17)18/h5-8,14H,4,9H2,1-3H3. The zero-order chi connectivity index (χ0) is 13.1. The van der Waals surface area contributed by atoms with Gasteiger partial charge in [0.15, 0.2) is 0 Å². The van der Waals surface area contributed by atoms with Crippen LogP contribution in [-0.4, -0.2) is 20.9 Å². The fourth-order valence-corrected chi connectivity index (χ4v) is 2.04. The number of aryl methyl sites for hydroxylation is 2. The summed E-state index contributed by atoms with van der Waals surface area (Å²) in [6.07, 6.45) is 1.80. The summed E-state index contributed by atoms with van der Waals surface area (Å²) in [4.78, 5) is 11.7. The van der Waals surface area contributed by atoms with Crippen LogP contribution in [-0.2, 0) is 13.6 Å². The Morgan fingerprint density at radius 2 is 2.17 bits per heavy atom. The highest BCUT2D eigenvalue weighted by atomic mass is 16.1. The molecule has 2 rings (SSSR count). The summed E-state index contributed by atoms with van der Waals surface area (Å²) >= 11 is 0. The molecule has 0 atom stereocenters. The van der Waals surface area contributed by atoms with Crippen molar-refractivity contribution >= 4 is 5.82 Å². The fourth-order valence-electron chi connectivity index (χ4n) is 2.04. The third-order valence-corrected chi connectivity index (χ3v) is 2.92. The molecule has 5 heteroatoms. The molecule has 0 saturated carbocycles. The maximum absolute atomic E-state index is 11.7. The van der Waals surface area contributed by atoms with E-state index in [-0.39, 0.29) is 5.56 Å². The molecule has 5 nitrogen and oxygen atoms in total. The number of nitrogens with zero attached hydrogens (tertiary/aromatic N) is 3. The maximum atomic E-state index is 11.7. The van der Waals surface area contributed by atoms with Gasteiger partial charge in [-0.1, -0.05) is 6.07 Å². The Morgan fingerprint density at radius 1 is 1.39 bits per heavy atom. The minimum atomic E-state index is 0.00296. The summed E-state index contributed by atoms with van der Waals surface area (Å²) in [6.45, 7) is 5.38. The minimum Gasteiger partial charge on any atom is -0.370 e. The van der Waals surface area contributed by atoms with Crippen molar-refractivity contribution in [3.8, 4) is 0 Å². The van der Waals surface area contributed by atoms with E-state index >= 15 is 0 Å². The van der Waals surface area contributed by atoms with Crippen molar-refractivity contribution in [1.82, 2.24) is 14.3 Å². The third kappa shape index (κ3) is 2.30.